The van der Waals surface area contributed by atoms with Crippen molar-refractivity contribution < 1.29 is 14.0 Å². The molecule has 0 unspecified atom stereocenters. The molecule has 22 heavy (non-hydrogen) atoms. The van der Waals surface area contributed by atoms with Crippen LogP contribution in [-0.2, 0) is 14.0 Å². The third-order valence-corrected chi connectivity index (χ3v) is 3.51. The number of nitrogens with two attached hydrogens (primary N) is 1. The van der Waals surface area contributed by atoms with Gasteiger partial charge in [-0.2, -0.15) is 0 Å². The van der Waals surface area contributed by atoms with Crippen LogP contribution < -0.4 is 5.73 Å². The van der Waals surface area contributed by atoms with Gasteiger partial charge in [-0.05, 0) is 46.0 Å². The molecule has 1 atom stereocenters. The van der Waals surface area contributed by atoms with Gasteiger partial charge in [-0.3, -0.25) is 0 Å². The summed E-state index contributed by atoms with van der Waals surface area (Å²) in [7, 11) is -1.84. The number of hydrogen-bond acceptors (Lipinski definition) is 4. The quantitative estimate of drug-likeness (QED) is 0.509. The number of hydrogen-bond donors (Lipinski definition) is 1. The van der Waals surface area contributed by atoms with E-state index in [0.717, 1.165) is 5.56 Å². The Morgan fingerprint density at radius 3 is 2.18 bits per heavy atom. The topological polar surface area (TPSA) is 61.5 Å². The van der Waals surface area contributed by atoms with Crippen molar-refractivity contribution in [1.29, 1.82) is 0 Å². The van der Waals surface area contributed by atoms with Crippen LogP contribution in [0.4, 0.5) is 0 Å². The highest BCUT2D eigenvalue weighted by Crippen LogP contribution is 2.27. The third-order valence-electron chi connectivity index (χ3n) is 2.57. The van der Waals surface area contributed by atoms with Crippen molar-refractivity contribution in [3.8, 4) is 0 Å². The van der Waals surface area contributed by atoms with Crippen molar-refractivity contribution in [2.75, 3.05) is 0 Å². The fraction of sp³-hybridized carbons (Fsp3) is 0.471. The largest absolute Gasteiger partial charge is 0.457 e. The zero-order chi connectivity index (χ0) is 17.0. The maximum atomic E-state index is 11.9. The SMILES string of the molecule is CC(C)(C)OC(=O)/C=C(\N)[C@H](O[Si](C)(C)C)c1ccccc1. The van der Waals surface area contributed by atoms with E-state index in [2.05, 4.69) is 19.6 Å². The average Bonchev–Trinajstić information content (AvgIpc) is 2.33. The summed E-state index contributed by atoms with van der Waals surface area (Å²) < 4.78 is 11.4. The Balaban J connectivity index is 3.03. The van der Waals surface area contributed by atoms with Crippen molar-refractivity contribution in [2.24, 2.45) is 5.73 Å². The monoisotopic (exact) mass is 321 g/mol. The molecule has 0 aromatic heterocycles. The van der Waals surface area contributed by atoms with E-state index >= 15 is 0 Å². The summed E-state index contributed by atoms with van der Waals surface area (Å²) in [5.74, 6) is -0.454. The summed E-state index contributed by atoms with van der Waals surface area (Å²) in [5, 5.41) is 0. The Bertz CT molecular complexity index is 527. The minimum Gasteiger partial charge on any atom is -0.457 e. The predicted molar refractivity (Wildman–Crippen MR) is 91.7 cm³/mol. The van der Waals surface area contributed by atoms with Gasteiger partial charge in [0.1, 0.15) is 11.7 Å². The molecule has 0 heterocycles. The van der Waals surface area contributed by atoms with E-state index < -0.39 is 26.0 Å². The molecular weight excluding hydrogens is 294 g/mol. The van der Waals surface area contributed by atoms with E-state index in [1.54, 1.807) is 0 Å². The zero-order valence-electron chi connectivity index (χ0n) is 14.3. The van der Waals surface area contributed by atoms with Crippen LogP contribution in [0.3, 0.4) is 0 Å². The maximum Gasteiger partial charge on any atom is 0.333 e. The van der Waals surface area contributed by atoms with Crippen molar-refractivity contribution >= 4 is 14.3 Å². The van der Waals surface area contributed by atoms with Gasteiger partial charge in [0.05, 0.1) is 0 Å². The molecule has 0 spiro atoms. The molecule has 0 aliphatic rings. The van der Waals surface area contributed by atoms with Gasteiger partial charge < -0.3 is 14.9 Å². The molecule has 0 saturated heterocycles. The van der Waals surface area contributed by atoms with Crippen molar-refractivity contribution in [2.45, 2.75) is 52.1 Å². The van der Waals surface area contributed by atoms with Crippen LogP contribution >= 0.6 is 0 Å². The molecule has 0 aliphatic carbocycles. The van der Waals surface area contributed by atoms with Gasteiger partial charge in [-0.15, -0.1) is 0 Å². The Hall–Kier alpha value is -1.59. The first-order valence-electron chi connectivity index (χ1n) is 7.41. The molecular formula is C17H27NO3Si. The van der Waals surface area contributed by atoms with Gasteiger partial charge in [0, 0.05) is 11.8 Å². The summed E-state index contributed by atoms with van der Waals surface area (Å²) in [6.45, 7) is 11.7. The fourth-order valence-electron chi connectivity index (χ4n) is 1.85. The third kappa shape index (κ3) is 6.91. The van der Waals surface area contributed by atoms with Crippen LogP contribution in [0, 0.1) is 0 Å². The number of carbonyl (C=O) groups is 1. The van der Waals surface area contributed by atoms with Crippen LogP contribution in [0.15, 0.2) is 42.1 Å². The van der Waals surface area contributed by atoms with Gasteiger partial charge in [0.25, 0.3) is 0 Å². The van der Waals surface area contributed by atoms with Crippen LogP contribution in [0.25, 0.3) is 0 Å². The van der Waals surface area contributed by atoms with Gasteiger partial charge in [-0.1, -0.05) is 30.3 Å². The molecule has 1 rings (SSSR count). The average molecular weight is 321 g/mol. The molecule has 4 nitrogen and oxygen atoms in total. The number of rotatable bonds is 5. The molecule has 0 saturated carbocycles. The van der Waals surface area contributed by atoms with Crippen LogP contribution in [-0.4, -0.2) is 19.9 Å². The zero-order valence-corrected chi connectivity index (χ0v) is 15.3. The van der Waals surface area contributed by atoms with E-state index in [-0.39, 0.29) is 0 Å². The maximum absolute atomic E-state index is 11.9. The molecule has 1 aromatic rings. The van der Waals surface area contributed by atoms with Crippen LogP contribution in [0.1, 0.15) is 32.4 Å². The second kappa shape index (κ2) is 7.11. The molecule has 5 heteroatoms. The molecule has 2 N–H and O–H groups in total. The highest BCUT2D eigenvalue weighted by Gasteiger charge is 2.25. The van der Waals surface area contributed by atoms with E-state index in [1.165, 1.54) is 6.08 Å². The summed E-state index contributed by atoms with van der Waals surface area (Å²) in [4.78, 5) is 11.9. The second-order valence-corrected chi connectivity index (χ2v) is 11.7. The first-order valence-corrected chi connectivity index (χ1v) is 10.8. The van der Waals surface area contributed by atoms with Crippen LogP contribution in [0.2, 0.25) is 19.6 Å². The molecule has 122 valence electrons. The number of ether oxygens (including phenoxy) is 1. The highest BCUT2D eigenvalue weighted by atomic mass is 28.4. The lowest BCUT2D eigenvalue weighted by Crippen LogP contribution is -2.31. The first kappa shape index (κ1) is 18.5. The lowest BCUT2D eigenvalue weighted by atomic mass is 10.1. The molecule has 0 aliphatic heterocycles. The van der Waals surface area contributed by atoms with Crippen molar-refractivity contribution in [1.82, 2.24) is 0 Å². The van der Waals surface area contributed by atoms with Crippen molar-refractivity contribution in [3.05, 3.63) is 47.7 Å². The number of carbonyl (C=O) groups excluding carboxylic acids is 1. The Morgan fingerprint density at radius 2 is 1.73 bits per heavy atom. The number of esters is 1. The summed E-state index contributed by atoms with van der Waals surface area (Å²) >= 11 is 0. The fourth-order valence-corrected chi connectivity index (χ4v) is 2.83. The van der Waals surface area contributed by atoms with Gasteiger partial charge in [-0.25, -0.2) is 4.79 Å². The van der Waals surface area contributed by atoms with E-state index in [9.17, 15) is 4.79 Å². The molecule has 0 fully saturated rings. The molecule has 1 aromatic carbocycles. The number of benzene rings is 1. The summed E-state index contributed by atoms with van der Waals surface area (Å²) in [6.07, 6.45) is 0.892. The predicted octanol–water partition coefficient (Wildman–Crippen LogP) is 3.76. The normalized spacial score (nSPS) is 14.5. The minimum atomic E-state index is -1.84. The first-order chi connectivity index (χ1) is 9.98. The van der Waals surface area contributed by atoms with Gasteiger partial charge >= 0.3 is 5.97 Å². The summed E-state index contributed by atoms with van der Waals surface area (Å²) in [5.41, 5.74) is 6.88. The highest BCUT2D eigenvalue weighted by molar-refractivity contribution is 6.69. The molecule has 0 amide bonds. The van der Waals surface area contributed by atoms with E-state index in [0.29, 0.717) is 5.70 Å². The molecule has 0 radical (unpaired) electrons. The molecule has 0 bridgehead atoms. The second-order valence-electron chi connectivity index (χ2n) is 7.20. The van der Waals surface area contributed by atoms with Gasteiger partial charge in [0.2, 0.25) is 0 Å². The smallest absolute Gasteiger partial charge is 0.333 e. The Kier molecular flexibility index (Phi) is 5.97. The van der Waals surface area contributed by atoms with E-state index in [1.807, 2.05) is 51.1 Å². The Labute approximate surface area is 134 Å². The Morgan fingerprint density at radius 1 is 1.18 bits per heavy atom. The minimum absolute atomic E-state index is 0.364. The van der Waals surface area contributed by atoms with Gasteiger partial charge in [0.15, 0.2) is 8.32 Å². The lowest BCUT2D eigenvalue weighted by molar-refractivity contribution is -0.148. The summed E-state index contributed by atoms with van der Waals surface area (Å²) in [6, 6.07) is 9.68. The lowest BCUT2D eigenvalue weighted by Gasteiger charge is -2.27. The van der Waals surface area contributed by atoms with Crippen LogP contribution in [0.5, 0.6) is 0 Å². The standard InChI is InChI=1S/C17H27NO3Si/c1-17(2,3)20-15(19)12-14(18)16(21-22(4,5)6)13-10-8-7-9-11-13/h7-12,16H,18H2,1-6H3/b14-12-/t16-/m1/s1. The van der Waals surface area contributed by atoms with Crippen molar-refractivity contribution in [3.63, 3.8) is 0 Å². The van der Waals surface area contributed by atoms with E-state index in [4.69, 9.17) is 14.9 Å².